The van der Waals surface area contributed by atoms with Gasteiger partial charge in [0, 0.05) is 31.2 Å². The van der Waals surface area contributed by atoms with Gasteiger partial charge in [-0.05, 0) is 128 Å². The molecule has 2 saturated carbocycles. The second-order valence-electron chi connectivity index (χ2n) is 23.8. The second-order valence-corrected chi connectivity index (χ2v) is 27.1. The van der Waals surface area contributed by atoms with Crippen LogP contribution in [0.15, 0.2) is 54.6 Å². The molecule has 0 bridgehead atoms. The Hall–Kier alpha value is -2.13. The normalized spacial score (nSPS) is 16.6. The average molecular weight is 1050 g/mol. The molecule has 0 saturated heterocycles. The summed E-state index contributed by atoms with van der Waals surface area (Å²) in [5.74, 6) is 4.86. The predicted octanol–water partition coefficient (Wildman–Crippen LogP) is 16.7. The summed E-state index contributed by atoms with van der Waals surface area (Å²) in [4.78, 5) is 25.9. The van der Waals surface area contributed by atoms with Crippen LogP contribution in [0.4, 0.5) is 0 Å². The third-order valence-electron chi connectivity index (χ3n) is 16.5. The smallest absolute Gasteiger partial charge is 0.306 e. The Labute approximate surface area is 455 Å². The molecule has 73 heavy (non-hydrogen) atoms. The van der Waals surface area contributed by atoms with E-state index in [1.165, 1.54) is 164 Å². The van der Waals surface area contributed by atoms with Crippen molar-refractivity contribution in [2.75, 3.05) is 31.3 Å². The number of carbonyl (C=O) groups excluding carboxylic acids is 2. The molecule has 4 rings (SSSR count). The first-order chi connectivity index (χ1) is 35.6. The standard InChI is InChI=1S/C65H110NO5SSi/c1-7-10-16-26-56(47-51-69-63(67)45-37-54-28-18-13-19-29-54)35-41-59(66-49-24-25-50-70-73(61-33-22-15-23-34-61)62-43-39-58(40-44-62)65(4,5)6)42-36-57(27-17-11-8-2)48-52-72-53-60(32-12-9-3)71-64(68)46-38-55-30-20-14-21-31-55/h15,22-23,33-34,39-40,43-44,54-57,59-60,66H,7-14,16-21,24-32,35-38,41-42,45-53H2,1-6H3. The minimum absolute atomic E-state index is 0.0199. The minimum Gasteiger partial charge on any atom is -0.466 e. The Kier molecular flexibility index (Phi) is 34.1. The number of rotatable bonds is 41. The second kappa shape index (κ2) is 39.3. The van der Waals surface area contributed by atoms with Crippen molar-refractivity contribution in [1.82, 2.24) is 5.32 Å². The molecule has 6 nitrogen and oxygen atoms in total. The molecule has 2 aromatic rings. The van der Waals surface area contributed by atoms with Gasteiger partial charge in [0.1, 0.15) is 6.10 Å². The number of carbonyl (C=O) groups is 2. The van der Waals surface area contributed by atoms with Crippen LogP contribution in [-0.2, 0) is 28.9 Å². The third-order valence-corrected chi connectivity index (χ3v) is 19.8. The summed E-state index contributed by atoms with van der Waals surface area (Å²) in [7, 11) is -1.35. The molecule has 8 heteroatoms. The first kappa shape index (κ1) is 63.4. The molecule has 0 heterocycles. The van der Waals surface area contributed by atoms with Crippen LogP contribution in [0.5, 0.6) is 0 Å². The van der Waals surface area contributed by atoms with E-state index in [4.69, 9.17) is 13.9 Å². The number of unbranched alkanes of at least 4 members (excludes halogenated alkanes) is 6. The number of benzene rings is 2. The molecule has 415 valence electrons. The number of hydrogen-bond donors (Lipinski definition) is 1. The lowest BCUT2D eigenvalue weighted by molar-refractivity contribution is -0.148. The van der Waals surface area contributed by atoms with E-state index in [1.807, 2.05) is 11.8 Å². The molecule has 4 atom stereocenters. The molecule has 0 spiro atoms. The fourth-order valence-electron chi connectivity index (χ4n) is 11.5. The molecule has 2 aromatic carbocycles. The largest absolute Gasteiger partial charge is 0.466 e. The molecular weight excluding hydrogens is 935 g/mol. The summed E-state index contributed by atoms with van der Waals surface area (Å²) in [5.41, 5.74) is 1.49. The highest BCUT2D eigenvalue weighted by atomic mass is 32.2. The highest BCUT2D eigenvalue weighted by molar-refractivity contribution is 7.99. The monoisotopic (exact) mass is 1040 g/mol. The van der Waals surface area contributed by atoms with Crippen LogP contribution in [0.3, 0.4) is 0 Å². The van der Waals surface area contributed by atoms with Crippen LogP contribution in [0.2, 0.25) is 0 Å². The lowest BCUT2D eigenvalue weighted by Crippen LogP contribution is -2.45. The van der Waals surface area contributed by atoms with Crippen molar-refractivity contribution >= 4 is 43.1 Å². The van der Waals surface area contributed by atoms with Crippen molar-refractivity contribution in [2.45, 2.75) is 271 Å². The molecule has 0 aliphatic heterocycles. The highest BCUT2D eigenvalue weighted by Gasteiger charge is 2.23. The first-order valence-electron chi connectivity index (χ1n) is 30.9. The van der Waals surface area contributed by atoms with E-state index in [-0.39, 0.29) is 23.5 Å². The number of nitrogens with one attached hydrogen (secondary N) is 1. The van der Waals surface area contributed by atoms with Gasteiger partial charge in [0.15, 0.2) is 0 Å². The van der Waals surface area contributed by atoms with Crippen molar-refractivity contribution in [3.05, 3.63) is 60.2 Å². The molecule has 1 N–H and O–H groups in total. The van der Waals surface area contributed by atoms with Gasteiger partial charge in [-0.3, -0.25) is 9.59 Å². The molecule has 0 amide bonds. The van der Waals surface area contributed by atoms with Gasteiger partial charge < -0.3 is 19.2 Å². The van der Waals surface area contributed by atoms with Crippen molar-refractivity contribution in [2.24, 2.45) is 23.7 Å². The maximum absolute atomic E-state index is 13.0. The molecular formula is C65H110NO5SSi. The van der Waals surface area contributed by atoms with Gasteiger partial charge in [-0.15, -0.1) is 0 Å². The summed E-state index contributed by atoms with van der Waals surface area (Å²) in [6.45, 7) is 16.1. The van der Waals surface area contributed by atoms with Gasteiger partial charge in [-0.1, -0.05) is 225 Å². The van der Waals surface area contributed by atoms with Crippen LogP contribution in [0.1, 0.15) is 259 Å². The van der Waals surface area contributed by atoms with Gasteiger partial charge >= 0.3 is 11.9 Å². The topological polar surface area (TPSA) is 73.9 Å². The predicted molar refractivity (Wildman–Crippen MR) is 316 cm³/mol. The SMILES string of the molecule is CCCCCC(CCOC(=O)CCC1CCCCC1)CCC(CCC(CCCCC)CCSCC(CCCC)OC(=O)CCC1CCCCC1)NCCCCO[Si](c1ccccc1)c1ccc(C(C)(C)C)cc1. The fourth-order valence-corrected chi connectivity index (χ4v) is 14.7. The van der Waals surface area contributed by atoms with Gasteiger partial charge in [0.25, 0.3) is 9.04 Å². The summed E-state index contributed by atoms with van der Waals surface area (Å²) < 4.78 is 19.0. The van der Waals surface area contributed by atoms with Gasteiger partial charge in [-0.2, -0.15) is 11.8 Å². The number of ether oxygens (including phenoxy) is 2. The minimum atomic E-state index is -1.35. The van der Waals surface area contributed by atoms with E-state index in [0.29, 0.717) is 43.2 Å². The average Bonchev–Trinajstić information content (AvgIpc) is 3.40. The fraction of sp³-hybridized carbons (Fsp3) is 0.785. The van der Waals surface area contributed by atoms with Crippen LogP contribution in [0.25, 0.3) is 0 Å². The molecule has 2 aliphatic carbocycles. The van der Waals surface area contributed by atoms with Gasteiger partial charge in [-0.25, -0.2) is 0 Å². The number of hydrogen-bond acceptors (Lipinski definition) is 7. The summed E-state index contributed by atoms with van der Waals surface area (Å²) >= 11 is 2.03. The summed E-state index contributed by atoms with van der Waals surface area (Å²) in [5, 5.41) is 6.75. The van der Waals surface area contributed by atoms with E-state index in [9.17, 15) is 9.59 Å². The van der Waals surface area contributed by atoms with Crippen LogP contribution in [0, 0.1) is 23.7 Å². The third kappa shape index (κ3) is 28.7. The lowest BCUT2D eigenvalue weighted by Gasteiger charge is -2.25. The van der Waals surface area contributed by atoms with E-state index in [2.05, 4.69) is 101 Å². The molecule has 0 aromatic heterocycles. The van der Waals surface area contributed by atoms with Gasteiger partial charge in [0.2, 0.25) is 0 Å². The number of thioether (sulfide) groups is 1. The molecule has 2 fully saturated rings. The van der Waals surface area contributed by atoms with Crippen LogP contribution >= 0.6 is 11.8 Å². The van der Waals surface area contributed by atoms with Crippen molar-refractivity contribution < 1.29 is 23.5 Å². The molecule has 2 aliphatic rings. The summed E-state index contributed by atoms with van der Waals surface area (Å²) in [6, 6.07) is 20.6. The Bertz CT molecular complexity index is 1660. The highest BCUT2D eigenvalue weighted by Crippen LogP contribution is 2.30. The first-order valence-corrected chi connectivity index (χ1v) is 33.5. The summed E-state index contributed by atoms with van der Waals surface area (Å²) in [6.07, 6.45) is 39.0. The van der Waals surface area contributed by atoms with Crippen LogP contribution < -0.4 is 15.7 Å². The van der Waals surface area contributed by atoms with Crippen molar-refractivity contribution in [3.63, 3.8) is 0 Å². The van der Waals surface area contributed by atoms with E-state index >= 15 is 0 Å². The Balaban J connectivity index is 1.34. The van der Waals surface area contributed by atoms with Crippen molar-refractivity contribution in [1.29, 1.82) is 0 Å². The Morgan fingerprint density at radius 1 is 0.603 bits per heavy atom. The van der Waals surface area contributed by atoms with Crippen LogP contribution in [-0.4, -0.2) is 64.4 Å². The number of esters is 2. The Morgan fingerprint density at radius 3 is 1.77 bits per heavy atom. The quantitative estimate of drug-likeness (QED) is 0.0404. The van der Waals surface area contributed by atoms with E-state index in [1.54, 1.807) is 0 Å². The zero-order chi connectivity index (χ0) is 52.2. The zero-order valence-electron chi connectivity index (χ0n) is 48.0. The molecule has 1 radical (unpaired) electrons. The van der Waals surface area contributed by atoms with E-state index < -0.39 is 9.04 Å². The van der Waals surface area contributed by atoms with E-state index in [0.717, 1.165) is 81.9 Å². The maximum atomic E-state index is 13.0. The van der Waals surface area contributed by atoms with Gasteiger partial charge in [0.05, 0.1) is 6.61 Å². The molecule has 4 unspecified atom stereocenters. The maximum Gasteiger partial charge on any atom is 0.306 e. The van der Waals surface area contributed by atoms with Crippen molar-refractivity contribution in [3.8, 4) is 0 Å². The Morgan fingerprint density at radius 2 is 1.18 bits per heavy atom. The lowest BCUT2D eigenvalue weighted by atomic mass is 9.86. The zero-order valence-corrected chi connectivity index (χ0v) is 49.8.